The Morgan fingerprint density at radius 2 is 2.00 bits per heavy atom. The first-order valence-electron chi connectivity index (χ1n) is 13.0. The molecule has 39 heavy (non-hydrogen) atoms. The molecular weight excluding hydrogens is 506 g/mol. The number of nitrogens with one attached hydrogen (secondary N) is 3. The first-order chi connectivity index (χ1) is 18.3. The van der Waals surface area contributed by atoms with E-state index in [2.05, 4.69) is 78.8 Å². The van der Waals surface area contributed by atoms with Gasteiger partial charge in [-0.15, -0.1) is 0 Å². The number of amides is 1. The average molecular weight is 544 g/mol. The summed E-state index contributed by atoms with van der Waals surface area (Å²) in [5.74, 6) is 0.106. The zero-order chi connectivity index (χ0) is 28.6. The molecule has 3 heterocycles. The van der Waals surface area contributed by atoms with Gasteiger partial charge in [0, 0.05) is 49.3 Å². The summed E-state index contributed by atoms with van der Waals surface area (Å²) in [7, 11) is -0.389. The predicted molar refractivity (Wildman–Crippen MR) is 157 cm³/mol. The van der Waals surface area contributed by atoms with E-state index >= 15 is 0 Å². The van der Waals surface area contributed by atoms with Crippen molar-refractivity contribution in [1.29, 1.82) is 5.26 Å². The second-order valence-corrected chi connectivity index (χ2v) is 16.7. The molecule has 0 spiro atoms. The van der Waals surface area contributed by atoms with Gasteiger partial charge < -0.3 is 20.4 Å². The number of rotatable bonds is 7. The van der Waals surface area contributed by atoms with Crippen LogP contribution < -0.4 is 16.0 Å². The topological polar surface area (TPSA) is 125 Å². The molecule has 0 radical (unpaired) electrons. The fourth-order valence-electron chi connectivity index (χ4n) is 4.22. The SMILES string of the molecule is CNC(=O)c1cc(Nc2nccc(-c3cc(C#N)c4c(c3)[C@@](C)(CO[Si](C)(C)C(C)(C)C)CN4)n2)c(C)cn1. The Labute approximate surface area is 231 Å². The van der Waals surface area contributed by atoms with Crippen molar-refractivity contribution in [3.05, 3.63) is 59.0 Å². The van der Waals surface area contributed by atoms with Gasteiger partial charge in [0.1, 0.15) is 11.8 Å². The molecule has 0 unspecified atom stereocenters. The number of carbonyl (C=O) groups excluding carboxylic acids is 1. The number of nitriles is 1. The van der Waals surface area contributed by atoms with Crippen LogP contribution in [0.3, 0.4) is 0 Å². The largest absolute Gasteiger partial charge is 0.416 e. The maximum atomic E-state index is 12.1. The van der Waals surface area contributed by atoms with Gasteiger partial charge in [-0.3, -0.25) is 9.78 Å². The number of hydrogen-bond acceptors (Lipinski definition) is 8. The van der Waals surface area contributed by atoms with Gasteiger partial charge in [-0.2, -0.15) is 5.26 Å². The quantitative estimate of drug-likeness (QED) is 0.332. The molecule has 0 saturated carbocycles. The summed E-state index contributed by atoms with van der Waals surface area (Å²) in [5, 5.41) is 19.4. The standard InChI is InChI=1S/C29H37N7O2Si/c1-18-15-33-24(26(37)31-6)13-23(18)36-27-32-10-9-22(35-27)19-11-20(14-30)25-21(12-19)29(5,16-34-25)17-38-39(7,8)28(2,3)4/h9-13,15,34H,16-17H2,1-8H3,(H,31,37)(H,32,33,35,36)/t29-/m1/s1. The van der Waals surface area contributed by atoms with Crippen LogP contribution in [0.4, 0.5) is 17.3 Å². The Balaban J connectivity index is 1.67. The molecule has 1 aromatic carbocycles. The number of pyridine rings is 1. The van der Waals surface area contributed by atoms with Gasteiger partial charge in [0.15, 0.2) is 8.32 Å². The second kappa shape index (κ2) is 10.4. The monoisotopic (exact) mass is 543 g/mol. The van der Waals surface area contributed by atoms with Gasteiger partial charge in [-0.05, 0) is 60.4 Å². The number of fused-ring (bicyclic) bond motifs is 1. The van der Waals surface area contributed by atoms with Gasteiger partial charge in [-0.25, -0.2) is 9.97 Å². The summed E-state index contributed by atoms with van der Waals surface area (Å²) in [5.41, 5.74) is 5.56. The highest BCUT2D eigenvalue weighted by atomic mass is 28.4. The highest BCUT2D eigenvalue weighted by molar-refractivity contribution is 6.74. The zero-order valence-corrected chi connectivity index (χ0v) is 25.0. The van der Waals surface area contributed by atoms with Crippen LogP contribution >= 0.6 is 0 Å². The summed E-state index contributed by atoms with van der Waals surface area (Å²) in [6.45, 7) is 16.6. The maximum absolute atomic E-state index is 12.1. The van der Waals surface area contributed by atoms with Gasteiger partial charge in [-0.1, -0.05) is 27.7 Å². The lowest BCUT2D eigenvalue weighted by atomic mass is 9.83. The van der Waals surface area contributed by atoms with Crippen molar-refractivity contribution in [2.24, 2.45) is 0 Å². The molecule has 0 bridgehead atoms. The van der Waals surface area contributed by atoms with Crippen molar-refractivity contribution in [1.82, 2.24) is 20.3 Å². The van der Waals surface area contributed by atoms with Crippen LogP contribution in [0.15, 0.2) is 36.7 Å². The maximum Gasteiger partial charge on any atom is 0.269 e. The van der Waals surface area contributed by atoms with Gasteiger partial charge in [0.05, 0.1) is 16.9 Å². The lowest BCUT2D eigenvalue weighted by Crippen LogP contribution is -2.45. The summed E-state index contributed by atoms with van der Waals surface area (Å²) in [4.78, 5) is 25.4. The van der Waals surface area contributed by atoms with Crippen LogP contribution in [0.25, 0.3) is 11.3 Å². The Kier molecular flexibility index (Phi) is 7.52. The van der Waals surface area contributed by atoms with Crippen molar-refractivity contribution in [2.75, 3.05) is 30.8 Å². The predicted octanol–water partition coefficient (Wildman–Crippen LogP) is 5.53. The van der Waals surface area contributed by atoms with Crippen LogP contribution in [0.5, 0.6) is 0 Å². The molecule has 4 rings (SSSR count). The number of aromatic nitrogens is 3. The number of anilines is 3. The van der Waals surface area contributed by atoms with Crippen LogP contribution in [-0.4, -0.2) is 49.4 Å². The molecule has 0 saturated heterocycles. The molecule has 0 fully saturated rings. The minimum absolute atomic E-state index is 0.108. The van der Waals surface area contributed by atoms with E-state index in [9.17, 15) is 10.1 Å². The Bertz CT molecular complexity index is 1460. The molecule has 0 aliphatic carbocycles. The Morgan fingerprint density at radius 3 is 2.67 bits per heavy atom. The fourth-order valence-corrected chi connectivity index (χ4v) is 5.33. The summed E-state index contributed by atoms with van der Waals surface area (Å²) >= 11 is 0. The molecular formula is C29H37N7O2Si. The number of carbonyl (C=O) groups is 1. The summed E-state index contributed by atoms with van der Waals surface area (Å²) < 4.78 is 6.63. The third-order valence-corrected chi connectivity index (χ3v) is 12.4. The summed E-state index contributed by atoms with van der Waals surface area (Å²) in [6.07, 6.45) is 3.31. The molecule has 2 aromatic heterocycles. The molecule has 1 aliphatic rings. The molecule has 9 nitrogen and oxygen atoms in total. The number of hydrogen-bond donors (Lipinski definition) is 3. The van der Waals surface area contributed by atoms with Crippen molar-refractivity contribution < 1.29 is 9.22 Å². The third-order valence-electron chi connectivity index (χ3n) is 7.88. The third kappa shape index (κ3) is 5.65. The van der Waals surface area contributed by atoms with Crippen molar-refractivity contribution >= 4 is 31.5 Å². The van der Waals surface area contributed by atoms with Crippen LogP contribution in [0.1, 0.15) is 54.9 Å². The fraction of sp³-hybridized carbons (Fsp3) is 0.414. The van der Waals surface area contributed by atoms with E-state index in [1.165, 1.54) is 0 Å². The van der Waals surface area contributed by atoms with Crippen LogP contribution in [0.2, 0.25) is 18.1 Å². The van der Waals surface area contributed by atoms with E-state index in [0.717, 1.165) is 22.4 Å². The van der Waals surface area contributed by atoms with E-state index in [1.807, 2.05) is 19.1 Å². The number of benzene rings is 1. The first kappa shape index (κ1) is 28.2. The number of aryl methyl sites for hydroxylation is 1. The Hall–Kier alpha value is -3.81. The smallest absolute Gasteiger partial charge is 0.269 e. The highest BCUT2D eigenvalue weighted by Gasteiger charge is 2.42. The normalized spacial score (nSPS) is 16.7. The van der Waals surface area contributed by atoms with Crippen molar-refractivity contribution in [3.8, 4) is 17.3 Å². The molecule has 10 heteroatoms. The highest BCUT2D eigenvalue weighted by Crippen LogP contribution is 2.44. The van der Waals surface area contributed by atoms with E-state index < -0.39 is 8.32 Å². The lowest BCUT2D eigenvalue weighted by molar-refractivity contribution is 0.0958. The first-order valence-corrected chi connectivity index (χ1v) is 15.9. The van der Waals surface area contributed by atoms with Crippen LogP contribution in [-0.2, 0) is 9.84 Å². The van der Waals surface area contributed by atoms with E-state index in [1.54, 1.807) is 25.5 Å². The molecule has 3 aromatic rings. The molecule has 1 atom stereocenters. The van der Waals surface area contributed by atoms with E-state index in [4.69, 9.17) is 9.41 Å². The average Bonchev–Trinajstić information content (AvgIpc) is 3.24. The molecule has 3 N–H and O–H groups in total. The Morgan fingerprint density at radius 1 is 1.26 bits per heavy atom. The minimum Gasteiger partial charge on any atom is -0.416 e. The zero-order valence-electron chi connectivity index (χ0n) is 24.0. The van der Waals surface area contributed by atoms with Crippen LogP contribution in [0, 0.1) is 18.3 Å². The lowest BCUT2D eigenvalue weighted by Gasteiger charge is -2.39. The molecule has 204 valence electrons. The van der Waals surface area contributed by atoms with E-state index in [0.29, 0.717) is 41.7 Å². The van der Waals surface area contributed by atoms with Gasteiger partial charge in [0.2, 0.25) is 5.95 Å². The second-order valence-electron chi connectivity index (χ2n) is 11.9. The summed E-state index contributed by atoms with van der Waals surface area (Å²) in [6, 6.07) is 9.83. The van der Waals surface area contributed by atoms with Gasteiger partial charge in [0.25, 0.3) is 5.91 Å². The van der Waals surface area contributed by atoms with Crippen molar-refractivity contribution in [2.45, 2.75) is 58.2 Å². The minimum atomic E-state index is -1.95. The van der Waals surface area contributed by atoms with Gasteiger partial charge >= 0.3 is 0 Å². The molecule has 1 amide bonds. The van der Waals surface area contributed by atoms with E-state index in [-0.39, 0.29) is 16.4 Å². The number of nitrogens with zero attached hydrogens (tertiary/aromatic N) is 4. The molecule has 1 aliphatic heterocycles. The van der Waals surface area contributed by atoms with Crippen molar-refractivity contribution in [3.63, 3.8) is 0 Å².